The van der Waals surface area contributed by atoms with Gasteiger partial charge in [-0.25, -0.2) is 4.98 Å². The number of H-pyrrole nitrogens is 1. The highest BCUT2D eigenvalue weighted by Gasteiger charge is 2.19. The summed E-state index contributed by atoms with van der Waals surface area (Å²) in [6.45, 7) is 5.94. The molecule has 0 bridgehead atoms. The summed E-state index contributed by atoms with van der Waals surface area (Å²) in [5.74, 6) is 0.969. The summed E-state index contributed by atoms with van der Waals surface area (Å²) in [7, 11) is 0. The first-order valence-electron chi connectivity index (χ1n) is 7.91. The molecule has 5 heteroatoms. The van der Waals surface area contributed by atoms with Crippen LogP contribution in [0.1, 0.15) is 5.56 Å². The summed E-state index contributed by atoms with van der Waals surface area (Å²) < 4.78 is 0. The van der Waals surface area contributed by atoms with E-state index in [0.29, 0.717) is 0 Å². The molecule has 1 fully saturated rings. The minimum atomic E-state index is 0.789. The number of anilines is 2. The third-order valence-electron chi connectivity index (χ3n) is 4.38. The predicted octanol–water partition coefficient (Wildman–Crippen LogP) is 3.85. The first-order chi connectivity index (χ1) is 11.2. The Balaban J connectivity index is 1.50. The lowest BCUT2D eigenvalue weighted by Gasteiger charge is -2.36. The average Bonchev–Trinajstić information content (AvgIpc) is 2.98. The van der Waals surface area contributed by atoms with Gasteiger partial charge >= 0.3 is 0 Å². The fraction of sp³-hybridized carbons (Fsp3) is 0.278. The Hall–Kier alpha value is -2.20. The Morgan fingerprint density at radius 2 is 1.78 bits per heavy atom. The van der Waals surface area contributed by atoms with E-state index in [2.05, 4.69) is 46.0 Å². The fourth-order valence-electron chi connectivity index (χ4n) is 3.11. The van der Waals surface area contributed by atoms with Crippen LogP contribution in [0.2, 0.25) is 5.02 Å². The fourth-order valence-corrected chi connectivity index (χ4v) is 3.29. The highest BCUT2D eigenvalue weighted by atomic mass is 35.5. The van der Waals surface area contributed by atoms with E-state index in [9.17, 15) is 0 Å². The monoisotopic (exact) mass is 326 g/mol. The Morgan fingerprint density at radius 3 is 2.57 bits per heavy atom. The molecule has 0 radical (unpaired) electrons. The van der Waals surface area contributed by atoms with Crippen molar-refractivity contribution in [2.45, 2.75) is 6.92 Å². The Labute approximate surface area is 140 Å². The van der Waals surface area contributed by atoms with Crippen molar-refractivity contribution in [1.29, 1.82) is 0 Å². The number of fused-ring (bicyclic) bond motifs is 1. The highest BCUT2D eigenvalue weighted by Crippen LogP contribution is 2.23. The van der Waals surface area contributed by atoms with E-state index >= 15 is 0 Å². The number of benzene rings is 2. The smallest absolute Gasteiger partial charge is 0.203 e. The van der Waals surface area contributed by atoms with Crippen LogP contribution < -0.4 is 9.80 Å². The molecule has 1 aromatic heterocycles. The molecule has 1 saturated heterocycles. The first kappa shape index (κ1) is 14.4. The van der Waals surface area contributed by atoms with Gasteiger partial charge in [0.1, 0.15) is 0 Å². The molecule has 4 nitrogen and oxygen atoms in total. The van der Waals surface area contributed by atoms with Gasteiger partial charge in [0.15, 0.2) is 0 Å². The molecule has 0 amide bonds. The SMILES string of the molecule is Cc1ccc2nc(N3CCN(c4cccc(Cl)c4)CC3)[nH]c2c1. The van der Waals surface area contributed by atoms with Crippen molar-refractivity contribution in [3.63, 3.8) is 0 Å². The zero-order chi connectivity index (χ0) is 15.8. The quantitative estimate of drug-likeness (QED) is 0.777. The van der Waals surface area contributed by atoms with Crippen LogP contribution in [0.3, 0.4) is 0 Å². The van der Waals surface area contributed by atoms with Gasteiger partial charge in [0, 0.05) is 36.9 Å². The summed E-state index contributed by atoms with van der Waals surface area (Å²) >= 11 is 6.09. The van der Waals surface area contributed by atoms with Crippen molar-refractivity contribution >= 4 is 34.3 Å². The van der Waals surface area contributed by atoms with Crippen LogP contribution in [-0.2, 0) is 0 Å². The van der Waals surface area contributed by atoms with Crippen molar-refractivity contribution in [1.82, 2.24) is 9.97 Å². The van der Waals surface area contributed by atoms with Crippen LogP contribution >= 0.6 is 11.6 Å². The van der Waals surface area contributed by atoms with E-state index in [4.69, 9.17) is 16.6 Å². The lowest BCUT2D eigenvalue weighted by Crippen LogP contribution is -2.46. The van der Waals surface area contributed by atoms with E-state index in [1.165, 1.54) is 11.3 Å². The number of aromatic nitrogens is 2. The summed E-state index contributed by atoms with van der Waals surface area (Å²) in [5, 5.41) is 0.789. The van der Waals surface area contributed by atoms with E-state index in [1.54, 1.807) is 0 Å². The van der Waals surface area contributed by atoms with Crippen LogP contribution in [0.25, 0.3) is 11.0 Å². The van der Waals surface area contributed by atoms with E-state index < -0.39 is 0 Å². The van der Waals surface area contributed by atoms with Crippen LogP contribution in [0.5, 0.6) is 0 Å². The molecule has 0 atom stereocenters. The Bertz CT molecular complexity index is 834. The number of nitrogens with one attached hydrogen (secondary N) is 1. The number of piperazine rings is 1. The molecule has 0 unspecified atom stereocenters. The molecule has 1 N–H and O–H groups in total. The number of aryl methyl sites for hydroxylation is 1. The van der Waals surface area contributed by atoms with Gasteiger partial charge in [0.05, 0.1) is 11.0 Å². The maximum atomic E-state index is 6.09. The van der Waals surface area contributed by atoms with Crippen molar-refractivity contribution in [2.24, 2.45) is 0 Å². The van der Waals surface area contributed by atoms with Gasteiger partial charge < -0.3 is 14.8 Å². The van der Waals surface area contributed by atoms with Gasteiger partial charge in [-0.05, 0) is 42.8 Å². The molecule has 0 saturated carbocycles. The van der Waals surface area contributed by atoms with Crippen molar-refractivity contribution in [2.75, 3.05) is 36.0 Å². The Kier molecular flexibility index (Phi) is 3.62. The molecule has 118 valence electrons. The van der Waals surface area contributed by atoms with E-state index in [1.807, 2.05) is 18.2 Å². The normalized spacial score (nSPS) is 15.4. The van der Waals surface area contributed by atoms with Crippen LogP contribution in [-0.4, -0.2) is 36.1 Å². The van der Waals surface area contributed by atoms with Crippen LogP contribution in [0.4, 0.5) is 11.6 Å². The van der Waals surface area contributed by atoms with Gasteiger partial charge in [-0.3, -0.25) is 0 Å². The standard InChI is InChI=1S/C18H19ClN4/c1-13-5-6-16-17(11-13)21-18(20-16)23-9-7-22(8-10-23)15-4-2-3-14(19)12-15/h2-6,11-12H,7-10H2,1H3,(H,20,21). The lowest BCUT2D eigenvalue weighted by atomic mass is 10.2. The highest BCUT2D eigenvalue weighted by molar-refractivity contribution is 6.30. The van der Waals surface area contributed by atoms with E-state index in [0.717, 1.165) is 48.2 Å². The van der Waals surface area contributed by atoms with Gasteiger partial charge in [-0.15, -0.1) is 0 Å². The summed E-state index contributed by atoms with van der Waals surface area (Å²) in [4.78, 5) is 12.9. The molecule has 1 aliphatic heterocycles. The van der Waals surface area contributed by atoms with Gasteiger partial charge in [-0.2, -0.15) is 0 Å². The molecule has 3 aromatic rings. The number of halogens is 1. The third-order valence-corrected chi connectivity index (χ3v) is 4.61. The number of hydrogen-bond donors (Lipinski definition) is 1. The van der Waals surface area contributed by atoms with Crippen LogP contribution in [0, 0.1) is 6.92 Å². The number of hydrogen-bond acceptors (Lipinski definition) is 3. The molecule has 1 aliphatic rings. The second kappa shape index (κ2) is 5.78. The lowest BCUT2D eigenvalue weighted by molar-refractivity contribution is 0.643. The maximum Gasteiger partial charge on any atom is 0.203 e. The molecule has 4 rings (SSSR count). The molecule has 23 heavy (non-hydrogen) atoms. The van der Waals surface area contributed by atoms with E-state index in [-0.39, 0.29) is 0 Å². The number of imidazole rings is 1. The largest absolute Gasteiger partial charge is 0.368 e. The second-order valence-electron chi connectivity index (χ2n) is 6.03. The van der Waals surface area contributed by atoms with Gasteiger partial charge in [-0.1, -0.05) is 23.7 Å². The molecule has 2 heterocycles. The first-order valence-corrected chi connectivity index (χ1v) is 8.29. The van der Waals surface area contributed by atoms with Gasteiger partial charge in [0.2, 0.25) is 5.95 Å². The molecular formula is C18H19ClN4. The Morgan fingerprint density at radius 1 is 1.00 bits per heavy atom. The van der Waals surface area contributed by atoms with Gasteiger partial charge in [0.25, 0.3) is 0 Å². The number of rotatable bonds is 2. The van der Waals surface area contributed by atoms with Crippen molar-refractivity contribution < 1.29 is 0 Å². The minimum Gasteiger partial charge on any atom is -0.368 e. The summed E-state index contributed by atoms with van der Waals surface area (Å²) in [6, 6.07) is 14.4. The number of nitrogens with zero attached hydrogens (tertiary/aromatic N) is 3. The van der Waals surface area contributed by atoms with Crippen molar-refractivity contribution in [3.05, 3.63) is 53.1 Å². The zero-order valence-corrected chi connectivity index (χ0v) is 13.8. The molecule has 0 spiro atoms. The summed E-state index contributed by atoms with van der Waals surface area (Å²) in [5.41, 5.74) is 4.58. The molecule has 2 aromatic carbocycles. The van der Waals surface area contributed by atoms with Crippen LogP contribution in [0.15, 0.2) is 42.5 Å². The molecule has 0 aliphatic carbocycles. The third kappa shape index (κ3) is 2.86. The van der Waals surface area contributed by atoms with Crippen molar-refractivity contribution in [3.8, 4) is 0 Å². The topological polar surface area (TPSA) is 35.2 Å². The average molecular weight is 327 g/mol. The zero-order valence-electron chi connectivity index (χ0n) is 13.1. The number of aromatic amines is 1. The minimum absolute atomic E-state index is 0.789. The molecular weight excluding hydrogens is 308 g/mol. The maximum absolute atomic E-state index is 6.09. The second-order valence-corrected chi connectivity index (χ2v) is 6.47. The predicted molar refractivity (Wildman–Crippen MR) is 96.7 cm³/mol. The summed E-state index contributed by atoms with van der Waals surface area (Å²) in [6.07, 6.45) is 0.